The van der Waals surface area contributed by atoms with Crippen molar-refractivity contribution >= 4 is 30.7 Å². The number of carbonyl (C=O) groups is 1. The quantitative estimate of drug-likeness (QED) is 0.261. The minimum absolute atomic E-state index is 0.0301. The van der Waals surface area contributed by atoms with E-state index in [4.69, 9.17) is 32.2 Å². The Morgan fingerprint density at radius 2 is 0.986 bits per heavy atom. The minimum atomic E-state index is -1.89. The number of ether oxygens (including phenoxy) is 4. The third-order valence-electron chi connectivity index (χ3n) is 23.2. The van der Waals surface area contributed by atoms with Gasteiger partial charge < -0.3 is 37.3 Å². The average molecular weight is 1010 g/mol. The maximum Gasteiger partial charge on any atom is 0.241 e. The van der Waals surface area contributed by atoms with E-state index < -0.39 is 36.8 Å². The normalized spacial score (nSPS) is 44.8. The fourth-order valence-corrected chi connectivity index (χ4v) is 21.0. The molecule has 0 aromatic rings. The second-order valence-corrected chi connectivity index (χ2v) is 43.7. The van der Waals surface area contributed by atoms with Crippen LogP contribution in [0.25, 0.3) is 0 Å². The van der Waals surface area contributed by atoms with Crippen molar-refractivity contribution in [2.24, 2.45) is 69.0 Å². The monoisotopic (exact) mass is 1010 g/mol. The van der Waals surface area contributed by atoms with Gasteiger partial charge in [0.15, 0.2) is 34.0 Å². The highest BCUT2D eigenvalue weighted by molar-refractivity contribution is 6.74. The highest BCUT2D eigenvalue weighted by atomic mass is 28.4. The Morgan fingerprint density at radius 1 is 0.565 bits per heavy atom. The molecule has 7 saturated carbocycles. The van der Waals surface area contributed by atoms with Crippen LogP contribution in [0, 0.1) is 69.0 Å². The topological polar surface area (TPSA) is 102 Å². The third-order valence-corrected chi connectivity index (χ3v) is 33.1. The Kier molecular flexibility index (Phi) is 13.6. The average Bonchev–Trinajstić information content (AvgIpc) is 4.04. The zero-order chi connectivity index (χ0) is 50.4. The first kappa shape index (κ1) is 53.4. The predicted molar refractivity (Wildman–Crippen MR) is 282 cm³/mol. The molecule has 2 spiro atoms. The molecular formula is C57H100O9Si3. The number of allylic oxidation sites excluding steroid dienone is 2. The van der Waals surface area contributed by atoms with Gasteiger partial charge in [-0.05, 0) is 185 Å². The van der Waals surface area contributed by atoms with E-state index in [0.717, 1.165) is 76.9 Å². The van der Waals surface area contributed by atoms with Crippen LogP contribution in [0.15, 0.2) is 11.8 Å². The molecule has 0 amide bonds. The zero-order valence-corrected chi connectivity index (χ0v) is 49.9. The highest BCUT2D eigenvalue weighted by Crippen LogP contribution is 2.71. The van der Waals surface area contributed by atoms with Gasteiger partial charge in [0, 0.05) is 47.7 Å². The van der Waals surface area contributed by atoms with Gasteiger partial charge in [0.1, 0.15) is 6.10 Å². The molecule has 1 unspecified atom stereocenters. The molecule has 394 valence electrons. The first-order valence-electron chi connectivity index (χ1n) is 28.3. The number of ketones is 1. The maximum atomic E-state index is 13.8. The van der Waals surface area contributed by atoms with E-state index in [0.29, 0.717) is 43.0 Å². The minimum Gasteiger partial charge on any atom is -0.547 e. The number of rotatable bonds is 6. The van der Waals surface area contributed by atoms with Crippen LogP contribution in [0.2, 0.25) is 55.9 Å². The van der Waals surface area contributed by atoms with Crippen molar-refractivity contribution in [3.8, 4) is 0 Å². The molecule has 2 aliphatic heterocycles. The fourth-order valence-electron chi connectivity index (χ4n) is 17.3. The Labute approximate surface area is 423 Å². The van der Waals surface area contributed by atoms with Gasteiger partial charge >= 0.3 is 0 Å². The summed E-state index contributed by atoms with van der Waals surface area (Å²) in [5.74, 6) is 3.56. The Morgan fingerprint density at radius 3 is 1.46 bits per heavy atom. The van der Waals surface area contributed by atoms with Crippen molar-refractivity contribution in [2.75, 3.05) is 26.4 Å². The first-order valence-corrected chi connectivity index (χ1v) is 37.5. The molecule has 2 saturated heterocycles. The fraction of sp³-hybridized carbons (Fsp3) is 0.947. The second kappa shape index (κ2) is 17.6. The lowest BCUT2D eigenvalue weighted by molar-refractivity contribution is -0.253. The van der Waals surface area contributed by atoms with Crippen LogP contribution >= 0.6 is 0 Å². The lowest BCUT2D eigenvalue weighted by Gasteiger charge is -2.62. The molecule has 10 aliphatic rings. The standard InChI is InChI=1S/C30H54O4Si2.C27H46O5Si/c1-27(2,3)36(9,10)33-21-11-14-28(4)23-12-15-29(5)24(13-16-30(29)31-17-18-32-30)22(23)20-26(25(28)19-21)34-35(6,7)8;1-24(2,3)33(6,7)32-17-8-11-25(4)18-9-12-26(5)19(10-13-27(26)30-14-15-31-27)21(18)23(29)22(28)20(25)16-17/h20-25H,11-19H2,1-10H3;17-21,23,29H,8-16H2,1-7H3/t21-,22+,23-,24-,25+,28+,29-;17-,18-,19-,20+,21+,23?,25+,26-/m00/s1. The summed E-state index contributed by atoms with van der Waals surface area (Å²) in [6.45, 7) is 43.0. The number of hydrogen-bond donors (Lipinski definition) is 1. The van der Waals surface area contributed by atoms with Crippen molar-refractivity contribution < 1.29 is 42.1 Å². The maximum absolute atomic E-state index is 13.8. The predicted octanol–water partition coefficient (Wildman–Crippen LogP) is 13.4. The van der Waals surface area contributed by atoms with E-state index in [1.165, 1.54) is 37.9 Å². The van der Waals surface area contributed by atoms with E-state index in [9.17, 15) is 9.90 Å². The van der Waals surface area contributed by atoms with Crippen LogP contribution in [-0.2, 0) is 37.0 Å². The van der Waals surface area contributed by atoms with Crippen LogP contribution in [-0.4, -0.2) is 92.2 Å². The molecule has 0 radical (unpaired) electrons. The number of hydrogen-bond acceptors (Lipinski definition) is 9. The molecule has 0 aromatic heterocycles. The summed E-state index contributed by atoms with van der Waals surface area (Å²) >= 11 is 0. The number of fused-ring (bicyclic) bond motifs is 12. The van der Waals surface area contributed by atoms with Gasteiger partial charge in [0.25, 0.3) is 0 Å². The molecular weight excluding hydrogens is 913 g/mol. The molecule has 0 bridgehead atoms. The Balaban J connectivity index is 0.000000172. The van der Waals surface area contributed by atoms with Gasteiger partial charge in [-0.2, -0.15) is 0 Å². The summed E-state index contributed by atoms with van der Waals surface area (Å²) in [6, 6.07) is 0. The van der Waals surface area contributed by atoms with Gasteiger partial charge in [0.05, 0.1) is 32.2 Å². The van der Waals surface area contributed by atoms with Crippen LogP contribution in [0.1, 0.15) is 159 Å². The molecule has 10 rings (SSSR count). The SMILES string of the molecule is CC(C)(C)[Si](C)(C)O[C@H]1CC[C@@]2(C)[C@H](C1)C(=O)C(O)[C@@H]1[C@@H]2CC[C@@]2(C)[C@H]1CCC21OCCO1.CC(C)(C)[Si](C)(C)O[C@H]1CC[C@@]2(C)[C@H](C1)C(O[Si](C)(C)C)=C[C@@H]1[C@@H]2CC[C@@]2(C)[C@H]1CCC21OCCO1. The molecule has 9 fully saturated rings. The summed E-state index contributed by atoms with van der Waals surface area (Å²) in [4.78, 5) is 13.8. The van der Waals surface area contributed by atoms with Crippen molar-refractivity contribution in [2.45, 2.75) is 245 Å². The van der Waals surface area contributed by atoms with E-state index >= 15 is 0 Å². The van der Waals surface area contributed by atoms with Crippen molar-refractivity contribution in [1.82, 2.24) is 0 Å². The van der Waals surface area contributed by atoms with Gasteiger partial charge in [-0.1, -0.05) is 69.2 Å². The third kappa shape index (κ3) is 8.53. The van der Waals surface area contributed by atoms with Crippen molar-refractivity contribution in [3.63, 3.8) is 0 Å². The van der Waals surface area contributed by atoms with E-state index in [2.05, 4.69) is 121 Å². The summed E-state index contributed by atoms with van der Waals surface area (Å²) < 4.78 is 46.1. The first-order chi connectivity index (χ1) is 31.8. The van der Waals surface area contributed by atoms with Crippen molar-refractivity contribution in [1.29, 1.82) is 0 Å². The molecule has 2 heterocycles. The zero-order valence-electron chi connectivity index (χ0n) is 46.9. The van der Waals surface area contributed by atoms with Gasteiger partial charge in [-0.25, -0.2) is 0 Å². The van der Waals surface area contributed by atoms with Gasteiger partial charge in [-0.3, -0.25) is 4.79 Å². The smallest absolute Gasteiger partial charge is 0.241 e. The highest BCUT2D eigenvalue weighted by Gasteiger charge is 2.71. The molecule has 0 aromatic carbocycles. The second-order valence-electron chi connectivity index (χ2n) is 29.8. The van der Waals surface area contributed by atoms with Crippen LogP contribution in [0.4, 0.5) is 0 Å². The van der Waals surface area contributed by atoms with E-state index in [-0.39, 0.29) is 67.2 Å². The summed E-state index contributed by atoms with van der Waals surface area (Å²) in [7, 11) is -5.44. The van der Waals surface area contributed by atoms with Crippen molar-refractivity contribution in [3.05, 3.63) is 11.8 Å². The lowest BCUT2D eigenvalue weighted by Crippen LogP contribution is -2.64. The van der Waals surface area contributed by atoms with Crippen LogP contribution in [0.3, 0.4) is 0 Å². The van der Waals surface area contributed by atoms with E-state index in [1.807, 2.05) is 0 Å². The number of carbonyl (C=O) groups excluding carboxylic acids is 1. The molecule has 8 aliphatic carbocycles. The lowest BCUT2D eigenvalue weighted by atomic mass is 9.44. The van der Waals surface area contributed by atoms with Crippen LogP contribution in [0.5, 0.6) is 0 Å². The number of Topliss-reactive ketones (excluding diaryl/α,β-unsaturated/α-hetero) is 1. The van der Waals surface area contributed by atoms with Gasteiger partial charge in [-0.15, -0.1) is 0 Å². The largest absolute Gasteiger partial charge is 0.547 e. The summed E-state index contributed by atoms with van der Waals surface area (Å²) in [6.07, 6.45) is 17.5. The van der Waals surface area contributed by atoms with E-state index in [1.54, 1.807) is 0 Å². The molecule has 12 heteroatoms. The molecule has 15 atom stereocenters. The summed E-state index contributed by atoms with van der Waals surface area (Å²) in [5.41, 5.74) is 0.244. The molecule has 9 nitrogen and oxygen atoms in total. The molecule has 69 heavy (non-hydrogen) atoms. The van der Waals surface area contributed by atoms with Crippen LogP contribution < -0.4 is 0 Å². The number of aliphatic hydroxyl groups excluding tert-OH is 1. The molecule has 1 N–H and O–H groups in total. The Hall–Kier alpha value is -0.419. The summed E-state index contributed by atoms with van der Waals surface area (Å²) in [5, 5.41) is 11.9. The number of aliphatic hydroxyl groups is 1. The Bertz CT molecular complexity index is 1960. The van der Waals surface area contributed by atoms with Gasteiger partial charge in [0.2, 0.25) is 8.32 Å².